The van der Waals surface area contributed by atoms with Crippen LogP contribution >= 0.6 is 0 Å². The Bertz CT molecular complexity index is 1460. The Morgan fingerprint density at radius 2 is 1.97 bits per heavy atom. The number of aromatic hydroxyl groups is 2. The molecule has 1 amide bonds. The molecular weight excluding hydrogens is 478 g/mol. The lowest BCUT2D eigenvalue weighted by Crippen LogP contribution is -2.46. The van der Waals surface area contributed by atoms with Gasteiger partial charge in [0, 0.05) is 49.8 Å². The lowest BCUT2D eigenvalue weighted by molar-refractivity contribution is -0.118. The maximum absolute atomic E-state index is 12.7. The summed E-state index contributed by atoms with van der Waals surface area (Å²) in [6, 6.07) is 11.1. The van der Waals surface area contributed by atoms with Gasteiger partial charge in [0.15, 0.2) is 17.3 Å². The van der Waals surface area contributed by atoms with Crippen molar-refractivity contribution in [2.45, 2.75) is 37.8 Å². The van der Waals surface area contributed by atoms with Crippen molar-refractivity contribution >= 4 is 5.91 Å². The normalized spacial score (nSPS) is 19.7. The minimum Gasteiger partial charge on any atom is -0.504 e. The third kappa shape index (κ3) is 4.84. The molecule has 2 aliphatic rings. The average Bonchev–Trinajstić information content (AvgIpc) is 2.85. The summed E-state index contributed by atoms with van der Waals surface area (Å²) in [6.07, 6.45) is 0.748. The van der Waals surface area contributed by atoms with Gasteiger partial charge in [0.1, 0.15) is 5.76 Å². The number of phenols is 1. The molecule has 3 atom stereocenters. The van der Waals surface area contributed by atoms with Crippen molar-refractivity contribution in [2.24, 2.45) is 11.7 Å². The highest BCUT2D eigenvalue weighted by molar-refractivity contribution is 5.75. The van der Waals surface area contributed by atoms with Gasteiger partial charge in [-0.2, -0.15) is 0 Å². The fraction of sp³-hybridized carbons (Fsp3) is 0.370. The molecule has 0 radical (unpaired) electrons. The van der Waals surface area contributed by atoms with Crippen LogP contribution in [0.3, 0.4) is 0 Å². The number of fused-ring (bicyclic) bond motifs is 4. The number of nitrogens with two attached hydrogens (primary N) is 1. The van der Waals surface area contributed by atoms with Crippen LogP contribution in [-0.4, -0.2) is 45.8 Å². The van der Waals surface area contributed by atoms with Gasteiger partial charge in [-0.15, -0.1) is 0 Å². The first-order chi connectivity index (χ1) is 17.7. The Kier molecular flexibility index (Phi) is 6.51. The Hall–Kier alpha value is -4.05. The highest BCUT2D eigenvalue weighted by atomic mass is 16.5. The molecule has 0 aliphatic carbocycles. The molecule has 10 heteroatoms. The summed E-state index contributed by atoms with van der Waals surface area (Å²) in [5.41, 5.74) is 6.31. The number of piperidine rings is 1. The lowest BCUT2D eigenvalue weighted by atomic mass is 9.83. The Labute approximate surface area is 212 Å². The second kappa shape index (κ2) is 9.78. The second-order valence-electron chi connectivity index (χ2n) is 9.84. The van der Waals surface area contributed by atoms with E-state index in [-0.39, 0.29) is 35.2 Å². The molecule has 4 N–H and O–H groups in total. The number of carbonyl (C=O) groups is 1. The maximum Gasteiger partial charge on any atom is 0.250 e. The number of amides is 1. The van der Waals surface area contributed by atoms with Gasteiger partial charge in [0.05, 0.1) is 19.6 Å². The Morgan fingerprint density at radius 1 is 1.16 bits per heavy atom. The van der Waals surface area contributed by atoms with E-state index in [1.165, 1.54) is 25.3 Å². The largest absolute Gasteiger partial charge is 0.504 e. The first-order valence-corrected chi connectivity index (χ1v) is 12.2. The molecule has 37 heavy (non-hydrogen) atoms. The van der Waals surface area contributed by atoms with E-state index in [1.807, 2.05) is 10.6 Å². The predicted octanol–water partition coefficient (Wildman–Crippen LogP) is 1.85. The third-order valence-electron chi connectivity index (χ3n) is 7.26. The summed E-state index contributed by atoms with van der Waals surface area (Å²) in [4.78, 5) is 39.1. The number of carbonyl (C=O) groups excluding carboxylic acids is 1. The quantitative estimate of drug-likeness (QED) is 0.439. The van der Waals surface area contributed by atoms with Crippen LogP contribution in [0.15, 0.2) is 56.5 Å². The van der Waals surface area contributed by atoms with Crippen molar-refractivity contribution in [2.75, 3.05) is 20.2 Å². The number of likely N-dealkylation sites (tertiary alicyclic amines) is 1. The number of aromatic nitrogens is 1. The van der Waals surface area contributed by atoms with E-state index in [0.717, 1.165) is 18.7 Å². The number of methoxy groups -OCH3 is 1. The Morgan fingerprint density at radius 3 is 2.70 bits per heavy atom. The monoisotopic (exact) mass is 507 g/mol. The van der Waals surface area contributed by atoms with Crippen molar-refractivity contribution < 1.29 is 24.2 Å². The minimum absolute atomic E-state index is 0.0138. The molecule has 1 fully saturated rings. The highest BCUT2D eigenvalue weighted by Crippen LogP contribution is 2.38. The van der Waals surface area contributed by atoms with Gasteiger partial charge in [0.2, 0.25) is 17.1 Å². The Balaban J connectivity index is 1.45. The SMILES string of the molecule is COc1ccc(C(CC(N)=O)c2oc(CN3CC4CC(C3)c3cccc(=O)n3C4)cc(=O)c2O)cc1O. The molecule has 2 bridgehead atoms. The van der Waals surface area contributed by atoms with Crippen LogP contribution < -0.4 is 21.5 Å². The zero-order valence-electron chi connectivity index (χ0n) is 20.4. The van der Waals surface area contributed by atoms with E-state index < -0.39 is 23.0 Å². The van der Waals surface area contributed by atoms with Crippen LogP contribution in [0.1, 0.15) is 47.5 Å². The zero-order chi connectivity index (χ0) is 26.3. The maximum atomic E-state index is 12.7. The van der Waals surface area contributed by atoms with Crippen LogP contribution in [0.25, 0.3) is 0 Å². The molecule has 4 heterocycles. The van der Waals surface area contributed by atoms with Crippen molar-refractivity contribution in [3.8, 4) is 17.2 Å². The number of hydrogen-bond donors (Lipinski definition) is 3. The average molecular weight is 508 g/mol. The molecule has 1 saturated heterocycles. The van der Waals surface area contributed by atoms with Crippen molar-refractivity contribution in [3.05, 3.63) is 85.8 Å². The highest BCUT2D eigenvalue weighted by Gasteiger charge is 2.35. The number of pyridine rings is 1. The van der Waals surface area contributed by atoms with E-state index in [1.54, 1.807) is 18.2 Å². The van der Waals surface area contributed by atoms with Crippen molar-refractivity contribution in [1.82, 2.24) is 9.47 Å². The predicted molar refractivity (Wildman–Crippen MR) is 134 cm³/mol. The van der Waals surface area contributed by atoms with Gasteiger partial charge in [-0.25, -0.2) is 0 Å². The molecule has 3 unspecified atom stereocenters. The molecule has 0 saturated carbocycles. The first kappa shape index (κ1) is 24.6. The molecule has 0 spiro atoms. The van der Waals surface area contributed by atoms with Gasteiger partial charge in [0.25, 0.3) is 5.56 Å². The standard InChI is InChI=1S/C27H29N3O7/c1-36-23-6-5-16(8-21(23)31)19(10-24(28)33)27-26(35)22(32)9-18(37-27)14-29-11-15-7-17(13-29)20-3-2-4-25(34)30(20)12-15/h2-6,8-9,15,17,19,31,35H,7,10-14H2,1H3,(H2,28,33). The van der Waals surface area contributed by atoms with E-state index in [9.17, 15) is 24.6 Å². The van der Waals surface area contributed by atoms with Gasteiger partial charge >= 0.3 is 0 Å². The fourth-order valence-electron chi connectivity index (χ4n) is 5.70. The summed E-state index contributed by atoms with van der Waals surface area (Å²) in [5.74, 6) is -1.34. The summed E-state index contributed by atoms with van der Waals surface area (Å²) in [7, 11) is 1.41. The van der Waals surface area contributed by atoms with Gasteiger partial charge in [-0.1, -0.05) is 12.1 Å². The molecule has 3 aromatic rings. The van der Waals surface area contributed by atoms with Gasteiger partial charge < -0.3 is 29.7 Å². The number of rotatable bonds is 7. The molecule has 1 aromatic carbocycles. The van der Waals surface area contributed by atoms with E-state index in [4.69, 9.17) is 14.9 Å². The molecule has 2 aliphatic heterocycles. The fourth-order valence-corrected chi connectivity index (χ4v) is 5.70. The third-order valence-corrected chi connectivity index (χ3v) is 7.26. The van der Waals surface area contributed by atoms with Crippen LogP contribution in [0, 0.1) is 5.92 Å². The number of phenolic OH excluding ortho intramolecular Hbond substituents is 1. The molecule has 10 nitrogen and oxygen atoms in total. The molecule has 2 aromatic heterocycles. The van der Waals surface area contributed by atoms with Crippen LogP contribution in [0.4, 0.5) is 0 Å². The van der Waals surface area contributed by atoms with Crippen molar-refractivity contribution in [3.63, 3.8) is 0 Å². The number of ether oxygens (including phenoxy) is 1. The van der Waals surface area contributed by atoms with E-state index in [2.05, 4.69) is 4.90 Å². The number of primary amides is 1. The minimum atomic E-state index is -0.888. The summed E-state index contributed by atoms with van der Waals surface area (Å²) in [6.45, 7) is 2.39. The topological polar surface area (TPSA) is 148 Å². The first-order valence-electron chi connectivity index (χ1n) is 12.2. The summed E-state index contributed by atoms with van der Waals surface area (Å²) >= 11 is 0. The summed E-state index contributed by atoms with van der Waals surface area (Å²) in [5, 5.41) is 20.9. The number of hydrogen-bond acceptors (Lipinski definition) is 8. The van der Waals surface area contributed by atoms with E-state index >= 15 is 0 Å². The second-order valence-corrected chi connectivity index (χ2v) is 9.84. The summed E-state index contributed by atoms with van der Waals surface area (Å²) < 4.78 is 13.0. The molecular formula is C27H29N3O7. The van der Waals surface area contributed by atoms with Crippen LogP contribution in [-0.2, 0) is 17.9 Å². The van der Waals surface area contributed by atoms with Gasteiger partial charge in [-0.3, -0.25) is 19.3 Å². The molecule has 194 valence electrons. The molecule has 5 rings (SSSR count). The smallest absolute Gasteiger partial charge is 0.250 e. The van der Waals surface area contributed by atoms with Crippen LogP contribution in [0.5, 0.6) is 17.2 Å². The number of nitrogens with zero attached hydrogens (tertiary/aromatic N) is 2. The lowest BCUT2D eigenvalue weighted by Gasteiger charge is -2.42. The van der Waals surface area contributed by atoms with E-state index in [0.29, 0.717) is 36.9 Å². The van der Waals surface area contributed by atoms with Crippen molar-refractivity contribution in [1.29, 1.82) is 0 Å². The van der Waals surface area contributed by atoms with Gasteiger partial charge in [-0.05, 0) is 36.1 Å². The zero-order valence-corrected chi connectivity index (χ0v) is 20.4. The van der Waals surface area contributed by atoms with Crippen LogP contribution in [0.2, 0.25) is 0 Å². The number of benzene rings is 1.